The van der Waals surface area contributed by atoms with Gasteiger partial charge in [-0.2, -0.15) is 0 Å². The zero-order valence-corrected chi connectivity index (χ0v) is 13.9. The van der Waals surface area contributed by atoms with Gasteiger partial charge in [0.25, 0.3) is 0 Å². The Bertz CT molecular complexity index is 370. The van der Waals surface area contributed by atoms with Gasteiger partial charge in [-0.15, -0.1) is 0 Å². The van der Waals surface area contributed by atoms with Crippen LogP contribution in [-0.2, 0) is 14.3 Å². The second-order valence-electron chi connectivity index (χ2n) is 5.90. The highest BCUT2D eigenvalue weighted by Crippen LogP contribution is 2.28. The van der Waals surface area contributed by atoms with Crippen LogP contribution in [0.15, 0.2) is 0 Å². The first-order valence-corrected chi connectivity index (χ1v) is 8.66. The lowest BCUT2D eigenvalue weighted by atomic mass is 10.0. The van der Waals surface area contributed by atoms with Crippen LogP contribution in [0.1, 0.15) is 32.6 Å². The van der Waals surface area contributed by atoms with Crippen molar-refractivity contribution in [2.45, 2.75) is 43.9 Å². The normalized spacial score (nSPS) is 24.8. The number of carbonyl (C=O) groups is 2. The van der Waals surface area contributed by atoms with Crippen LogP contribution in [0.2, 0.25) is 0 Å². The summed E-state index contributed by atoms with van der Waals surface area (Å²) in [6.45, 7) is 6.34. The number of rotatable bonds is 6. The average Bonchev–Trinajstić information content (AvgIpc) is 2.80. The van der Waals surface area contributed by atoms with E-state index in [0.29, 0.717) is 12.5 Å². The molecule has 0 radical (unpaired) electrons. The van der Waals surface area contributed by atoms with E-state index in [1.165, 1.54) is 11.8 Å². The Balaban J connectivity index is 1.74. The number of ether oxygens (including phenoxy) is 1. The van der Waals surface area contributed by atoms with Gasteiger partial charge in [-0.05, 0) is 19.3 Å². The predicted molar refractivity (Wildman–Crippen MR) is 84.3 cm³/mol. The summed E-state index contributed by atoms with van der Waals surface area (Å²) in [7, 11) is 1.74. The van der Waals surface area contributed by atoms with Gasteiger partial charge in [0, 0.05) is 64.5 Å². The zero-order chi connectivity index (χ0) is 15.2. The highest BCUT2D eigenvalue weighted by atomic mass is 32.2. The number of hydrogen-bond acceptors (Lipinski definition) is 5. The molecule has 6 heteroatoms. The molecular weight excluding hydrogens is 288 g/mol. The predicted octanol–water partition coefficient (Wildman–Crippen LogP) is 1.37. The minimum absolute atomic E-state index is 0.114. The smallest absolute Gasteiger partial charge is 0.224 e. The van der Waals surface area contributed by atoms with Gasteiger partial charge in [-0.3, -0.25) is 9.59 Å². The fourth-order valence-corrected chi connectivity index (χ4v) is 4.18. The third-order valence-electron chi connectivity index (χ3n) is 4.28. The molecular formula is C15H26N2O3S. The molecule has 5 nitrogen and oxygen atoms in total. The molecule has 0 aromatic carbocycles. The van der Waals surface area contributed by atoms with Crippen molar-refractivity contribution in [3.63, 3.8) is 0 Å². The molecule has 1 amide bonds. The van der Waals surface area contributed by atoms with E-state index in [1.807, 2.05) is 4.90 Å². The summed E-state index contributed by atoms with van der Waals surface area (Å²) in [6.07, 6.45) is 3.70. The number of piperidine rings is 1. The van der Waals surface area contributed by atoms with Crippen LogP contribution in [-0.4, -0.2) is 72.0 Å². The molecule has 0 spiro atoms. The molecule has 2 heterocycles. The van der Waals surface area contributed by atoms with Crippen molar-refractivity contribution in [2.24, 2.45) is 0 Å². The van der Waals surface area contributed by atoms with Gasteiger partial charge < -0.3 is 14.5 Å². The lowest BCUT2D eigenvalue weighted by Crippen LogP contribution is -2.46. The molecule has 2 rings (SSSR count). The fourth-order valence-electron chi connectivity index (χ4n) is 3.25. The van der Waals surface area contributed by atoms with E-state index in [9.17, 15) is 9.59 Å². The topological polar surface area (TPSA) is 49.9 Å². The molecule has 2 aliphatic rings. The average molecular weight is 314 g/mol. The van der Waals surface area contributed by atoms with Crippen LogP contribution in [0, 0.1) is 0 Å². The number of thioether (sulfide) groups is 1. The van der Waals surface area contributed by atoms with Crippen LogP contribution in [0.25, 0.3) is 0 Å². The van der Waals surface area contributed by atoms with Gasteiger partial charge in [-0.25, -0.2) is 0 Å². The van der Waals surface area contributed by atoms with Crippen molar-refractivity contribution < 1.29 is 14.3 Å². The fraction of sp³-hybridized carbons (Fsp3) is 0.867. The highest BCUT2D eigenvalue weighted by Gasteiger charge is 2.36. The van der Waals surface area contributed by atoms with Crippen LogP contribution in [0.3, 0.4) is 0 Å². The van der Waals surface area contributed by atoms with Gasteiger partial charge in [-0.1, -0.05) is 11.8 Å². The number of methoxy groups -OCH3 is 1. The van der Waals surface area contributed by atoms with E-state index in [2.05, 4.69) is 4.90 Å². The third kappa shape index (κ3) is 4.97. The lowest BCUT2D eigenvalue weighted by Gasteiger charge is -2.36. The van der Waals surface area contributed by atoms with Gasteiger partial charge >= 0.3 is 0 Å². The van der Waals surface area contributed by atoms with E-state index in [1.54, 1.807) is 14.0 Å². The van der Waals surface area contributed by atoms with Crippen molar-refractivity contribution in [3.05, 3.63) is 0 Å². The summed E-state index contributed by atoms with van der Waals surface area (Å²) in [5.74, 6) is 0.228. The van der Waals surface area contributed by atoms with Gasteiger partial charge in [0.2, 0.25) is 5.91 Å². The number of amides is 1. The van der Waals surface area contributed by atoms with E-state index < -0.39 is 0 Å². The Hall–Kier alpha value is -0.590. The first-order valence-electron chi connectivity index (χ1n) is 7.78. The van der Waals surface area contributed by atoms with Gasteiger partial charge in [0.1, 0.15) is 0 Å². The molecule has 0 bridgehead atoms. The second-order valence-corrected chi connectivity index (χ2v) is 7.38. The molecule has 0 aliphatic carbocycles. The van der Waals surface area contributed by atoms with E-state index in [4.69, 9.17) is 4.74 Å². The highest BCUT2D eigenvalue weighted by molar-refractivity contribution is 8.14. The molecule has 2 fully saturated rings. The first kappa shape index (κ1) is 16.8. The molecule has 21 heavy (non-hydrogen) atoms. The number of nitrogens with zero attached hydrogens (tertiary/aromatic N) is 2. The van der Waals surface area contributed by atoms with Crippen LogP contribution in [0.5, 0.6) is 0 Å². The Morgan fingerprint density at radius 2 is 2.10 bits per heavy atom. The van der Waals surface area contributed by atoms with E-state index >= 15 is 0 Å². The molecule has 2 aliphatic heterocycles. The minimum atomic E-state index is 0.114. The van der Waals surface area contributed by atoms with Crippen LogP contribution in [0.4, 0.5) is 0 Å². The maximum Gasteiger partial charge on any atom is 0.224 e. The Labute approximate surface area is 131 Å². The number of carbonyl (C=O) groups excluding carboxylic acids is 2. The Kier molecular flexibility index (Phi) is 6.51. The van der Waals surface area contributed by atoms with Crippen molar-refractivity contribution in [2.75, 3.05) is 39.9 Å². The summed E-state index contributed by atoms with van der Waals surface area (Å²) < 4.78 is 5.08. The number of hydrogen-bond donors (Lipinski definition) is 0. The lowest BCUT2D eigenvalue weighted by molar-refractivity contribution is -0.130. The largest absolute Gasteiger partial charge is 0.385 e. The molecule has 0 aromatic rings. The Morgan fingerprint density at radius 1 is 1.38 bits per heavy atom. The summed E-state index contributed by atoms with van der Waals surface area (Å²) in [4.78, 5) is 27.8. The second kappa shape index (κ2) is 8.15. The quantitative estimate of drug-likeness (QED) is 0.693. The third-order valence-corrected chi connectivity index (χ3v) is 5.26. The van der Waals surface area contributed by atoms with Gasteiger partial charge in [0.05, 0.1) is 0 Å². The molecule has 1 unspecified atom stereocenters. The Morgan fingerprint density at radius 3 is 2.71 bits per heavy atom. The summed E-state index contributed by atoms with van der Waals surface area (Å²) in [6, 6.07) is 0.369. The van der Waals surface area contributed by atoms with Crippen LogP contribution >= 0.6 is 11.8 Å². The van der Waals surface area contributed by atoms with Crippen LogP contribution < -0.4 is 0 Å². The standard InChI is InChI=1S/C15H26N2O3S/c1-12(18)21-14-10-15(19)17(11-14)13-4-7-16(8-5-13)6-3-9-20-2/h13-14H,3-11H2,1-2H3. The maximum absolute atomic E-state index is 12.1. The zero-order valence-electron chi connectivity index (χ0n) is 13.0. The first-order chi connectivity index (χ1) is 10.1. The van der Waals surface area contributed by atoms with Crippen molar-refractivity contribution in [1.29, 1.82) is 0 Å². The molecule has 0 N–H and O–H groups in total. The molecule has 2 saturated heterocycles. The molecule has 0 aromatic heterocycles. The van der Waals surface area contributed by atoms with E-state index in [0.717, 1.165) is 52.0 Å². The summed E-state index contributed by atoms with van der Waals surface area (Å²) in [5, 5.41) is 0.275. The molecule has 1 atom stereocenters. The summed E-state index contributed by atoms with van der Waals surface area (Å²) in [5.41, 5.74) is 0. The van der Waals surface area contributed by atoms with Crippen molar-refractivity contribution in [3.8, 4) is 0 Å². The van der Waals surface area contributed by atoms with Gasteiger partial charge in [0.15, 0.2) is 5.12 Å². The SMILES string of the molecule is COCCCN1CCC(N2CC(SC(C)=O)CC2=O)CC1. The summed E-state index contributed by atoms with van der Waals surface area (Å²) >= 11 is 1.32. The maximum atomic E-state index is 12.1. The molecule has 120 valence electrons. The molecule has 0 saturated carbocycles. The number of likely N-dealkylation sites (tertiary alicyclic amines) is 2. The minimum Gasteiger partial charge on any atom is -0.385 e. The van der Waals surface area contributed by atoms with E-state index in [-0.39, 0.29) is 16.3 Å². The monoisotopic (exact) mass is 314 g/mol. The van der Waals surface area contributed by atoms with Crippen molar-refractivity contribution >= 4 is 22.8 Å². The van der Waals surface area contributed by atoms with Crippen molar-refractivity contribution in [1.82, 2.24) is 9.80 Å².